The number of aromatic nitrogens is 2. The third-order valence-corrected chi connectivity index (χ3v) is 2.25. The second-order valence-electron chi connectivity index (χ2n) is 3.73. The number of carboxylic acids is 2. The van der Waals surface area contributed by atoms with Crippen molar-refractivity contribution in [2.75, 3.05) is 7.11 Å². The van der Waals surface area contributed by atoms with Gasteiger partial charge in [0, 0.05) is 11.9 Å². The van der Waals surface area contributed by atoms with Crippen molar-refractivity contribution in [3.63, 3.8) is 0 Å². The second-order valence-corrected chi connectivity index (χ2v) is 3.73. The Morgan fingerprint density at radius 3 is 2.25 bits per heavy atom. The van der Waals surface area contributed by atoms with E-state index in [1.165, 1.54) is 0 Å². The van der Waals surface area contributed by atoms with Crippen molar-refractivity contribution < 1.29 is 24.5 Å². The first-order chi connectivity index (χ1) is 9.45. The number of hydrogen-bond acceptors (Lipinski definition) is 4. The summed E-state index contributed by atoms with van der Waals surface area (Å²) in [5.41, 5.74) is 2.04. The molecule has 0 radical (unpaired) electrons. The number of hydrogen-bond donors (Lipinski definition) is 3. The zero-order valence-electron chi connectivity index (χ0n) is 11.0. The number of aromatic amines is 1. The van der Waals surface area contributed by atoms with E-state index in [0.29, 0.717) is 0 Å². The van der Waals surface area contributed by atoms with Gasteiger partial charge in [-0.3, -0.25) is 0 Å². The van der Waals surface area contributed by atoms with Crippen molar-refractivity contribution in [1.82, 2.24) is 9.97 Å². The van der Waals surface area contributed by atoms with Crippen molar-refractivity contribution in [3.8, 4) is 17.1 Å². The maximum absolute atomic E-state index is 9.10. The summed E-state index contributed by atoms with van der Waals surface area (Å²) in [7, 11) is 1.66. The molecule has 0 aliphatic heterocycles. The molecule has 0 aliphatic carbocycles. The highest BCUT2D eigenvalue weighted by atomic mass is 16.5. The van der Waals surface area contributed by atoms with Gasteiger partial charge in [0.2, 0.25) is 0 Å². The first-order valence-corrected chi connectivity index (χ1v) is 5.57. The molecule has 0 unspecified atom stereocenters. The van der Waals surface area contributed by atoms with Gasteiger partial charge in [-0.15, -0.1) is 0 Å². The van der Waals surface area contributed by atoms with Gasteiger partial charge in [-0.25, -0.2) is 14.6 Å². The molecule has 0 atom stereocenters. The van der Waals surface area contributed by atoms with Crippen LogP contribution in [-0.4, -0.2) is 39.2 Å². The molecule has 0 amide bonds. The molecular formula is C13H14N2O5. The first kappa shape index (κ1) is 15.2. The zero-order valence-corrected chi connectivity index (χ0v) is 11.0. The number of methoxy groups -OCH3 is 1. The number of nitrogens with zero attached hydrogens (tertiary/aromatic N) is 1. The van der Waals surface area contributed by atoms with Crippen molar-refractivity contribution in [2.45, 2.75) is 6.92 Å². The van der Waals surface area contributed by atoms with E-state index in [2.05, 4.69) is 9.97 Å². The van der Waals surface area contributed by atoms with Crippen molar-refractivity contribution in [2.24, 2.45) is 0 Å². The summed E-state index contributed by atoms with van der Waals surface area (Å²) in [5.74, 6) is -1.97. The number of carbonyl (C=O) groups is 2. The lowest BCUT2D eigenvalue weighted by molar-refractivity contribution is -0.159. The smallest absolute Gasteiger partial charge is 0.414 e. The topological polar surface area (TPSA) is 113 Å². The maximum atomic E-state index is 9.10. The summed E-state index contributed by atoms with van der Waals surface area (Å²) in [5, 5.41) is 14.8. The zero-order chi connectivity index (χ0) is 15.1. The lowest BCUT2D eigenvalue weighted by Crippen LogP contribution is -2.09. The Hall–Kier alpha value is -2.83. The molecule has 0 fully saturated rings. The van der Waals surface area contributed by atoms with Gasteiger partial charge in [-0.2, -0.15) is 0 Å². The van der Waals surface area contributed by atoms with Crippen LogP contribution in [0.2, 0.25) is 0 Å². The molecule has 3 N–H and O–H groups in total. The molecule has 2 rings (SSSR count). The van der Waals surface area contributed by atoms with Crippen LogP contribution in [0.15, 0.2) is 30.5 Å². The number of rotatable bonds is 2. The molecule has 0 spiro atoms. The summed E-state index contributed by atoms with van der Waals surface area (Å²) in [6, 6.07) is 7.82. The molecule has 20 heavy (non-hydrogen) atoms. The molecule has 1 heterocycles. The van der Waals surface area contributed by atoms with E-state index < -0.39 is 11.9 Å². The van der Waals surface area contributed by atoms with Crippen LogP contribution in [0.3, 0.4) is 0 Å². The Morgan fingerprint density at radius 1 is 1.20 bits per heavy atom. The Morgan fingerprint density at radius 2 is 1.80 bits per heavy atom. The third kappa shape index (κ3) is 4.13. The fourth-order valence-corrected chi connectivity index (χ4v) is 1.39. The molecule has 0 saturated heterocycles. The van der Waals surface area contributed by atoms with Crippen molar-refractivity contribution in [1.29, 1.82) is 0 Å². The van der Waals surface area contributed by atoms with Gasteiger partial charge < -0.3 is 19.9 Å². The van der Waals surface area contributed by atoms with Crippen LogP contribution in [0.25, 0.3) is 11.4 Å². The maximum Gasteiger partial charge on any atom is 0.414 e. The number of carboxylic acid groups (broad SMARTS) is 2. The predicted molar refractivity (Wildman–Crippen MR) is 70.6 cm³/mol. The highest BCUT2D eigenvalue weighted by Gasteiger charge is 2.06. The van der Waals surface area contributed by atoms with E-state index >= 15 is 0 Å². The number of nitrogens with one attached hydrogen (secondary N) is 1. The Bertz CT molecular complexity index is 594. The van der Waals surface area contributed by atoms with Crippen LogP contribution in [0.4, 0.5) is 0 Å². The van der Waals surface area contributed by atoms with Crippen LogP contribution >= 0.6 is 0 Å². The van der Waals surface area contributed by atoms with Gasteiger partial charge >= 0.3 is 11.9 Å². The molecule has 2 aromatic rings. The summed E-state index contributed by atoms with van der Waals surface area (Å²) < 4.78 is 5.25. The van der Waals surface area contributed by atoms with Crippen LogP contribution < -0.4 is 4.74 Å². The van der Waals surface area contributed by atoms with Crippen LogP contribution in [0.1, 0.15) is 5.69 Å². The second kappa shape index (κ2) is 6.93. The molecule has 0 aliphatic rings. The Kier molecular flexibility index (Phi) is 5.28. The fourth-order valence-electron chi connectivity index (χ4n) is 1.39. The average Bonchev–Trinajstić information content (AvgIpc) is 2.86. The van der Waals surface area contributed by atoms with E-state index in [1.54, 1.807) is 7.11 Å². The van der Waals surface area contributed by atoms with E-state index in [4.69, 9.17) is 24.5 Å². The van der Waals surface area contributed by atoms with E-state index in [9.17, 15) is 0 Å². The number of aryl methyl sites for hydroxylation is 1. The van der Waals surface area contributed by atoms with Gasteiger partial charge in [-0.05, 0) is 19.1 Å². The first-order valence-electron chi connectivity index (χ1n) is 5.57. The highest BCUT2D eigenvalue weighted by Crippen LogP contribution is 2.26. The Labute approximate surface area is 114 Å². The molecule has 7 nitrogen and oxygen atoms in total. The van der Waals surface area contributed by atoms with Gasteiger partial charge in [0.05, 0.1) is 12.7 Å². The standard InChI is InChI=1S/C11H12N2O.C2H2O4/c1-8-7-12-11(13-8)9-5-3-4-6-10(9)14-2;3-1(4)2(5)6/h3-7H,1-2H3,(H,12,13);(H,3,4)(H,5,6). The van der Waals surface area contributed by atoms with Gasteiger partial charge in [-0.1, -0.05) is 12.1 Å². The van der Waals surface area contributed by atoms with E-state index in [1.807, 2.05) is 37.4 Å². The van der Waals surface area contributed by atoms with E-state index in [-0.39, 0.29) is 0 Å². The fraction of sp³-hybridized carbons (Fsp3) is 0.154. The molecule has 7 heteroatoms. The van der Waals surface area contributed by atoms with Gasteiger partial charge in [0.15, 0.2) is 0 Å². The molecule has 0 saturated carbocycles. The number of imidazole rings is 1. The molecule has 1 aromatic heterocycles. The van der Waals surface area contributed by atoms with Crippen LogP contribution in [-0.2, 0) is 9.59 Å². The lowest BCUT2D eigenvalue weighted by Gasteiger charge is -2.04. The van der Waals surface area contributed by atoms with Gasteiger partial charge in [0.1, 0.15) is 11.6 Å². The number of aliphatic carboxylic acids is 2. The number of benzene rings is 1. The van der Waals surface area contributed by atoms with Crippen molar-refractivity contribution >= 4 is 11.9 Å². The summed E-state index contributed by atoms with van der Waals surface area (Å²) in [4.78, 5) is 25.6. The summed E-state index contributed by atoms with van der Waals surface area (Å²) in [6.45, 7) is 1.98. The molecule has 1 aromatic carbocycles. The van der Waals surface area contributed by atoms with Crippen LogP contribution in [0, 0.1) is 6.92 Å². The minimum absolute atomic E-state index is 0.835. The summed E-state index contributed by atoms with van der Waals surface area (Å²) >= 11 is 0. The normalized spacial score (nSPS) is 9.30. The van der Waals surface area contributed by atoms with Crippen LogP contribution in [0.5, 0.6) is 5.75 Å². The van der Waals surface area contributed by atoms with E-state index in [0.717, 1.165) is 22.8 Å². The number of ether oxygens (including phenoxy) is 1. The Balaban J connectivity index is 0.000000286. The summed E-state index contributed by atoms with van der Waals surface area (Å²) in [6.07, 6.45) is 1.81. The SMILES string of the molecule is COc1ccccc1-c1ncc(C)[nH]1.O=C(O)C(=O)O. The number of H-pyrrole nitrogens is 1. The minimum Gasteiger partial charge on any atom is -0.496 e. The third-order valence-electron chi connectivity index (χ3n) is 2.25. The van der Waals surface area contributed by atoms with Crippen molar-refractivity contribution in [3.05, 3.63) is 36.2 Å². The lowest BCUT2D eigenvalue weighted by atomic mass is 10.2. The molecule has 106 valence electrons. The monoisotopic (exact) mass is 278 g/mol. The number of para-hydroxylation sites is 1. The predicted octanol–water partition coefficient (Wildman–Crippen LogP) is 1.55. The quantitative estimate of drug-likeness (QED) is 0.718. The highest BCUT2D eigenvalue weighted by molar-refractivity contribution is 6.27. The van der Waals surface area contributed by atoms with Gasteiger partial charge in [0.25, 0.3) is 0 Å². The minimum atomic E-state index is -1.82. The molecular weight excluding hydrogens is 264 g/mol. The largest absolute Gasteiger partial charge is 0.496 e. The average molecular weight is 278 g/mol. The molecule has 0 bridgehead atoms.